The van der Waals surface area contributed by atoms with Crippen LogP contribution in [0.3, 0.4) is 0 Å². The topological polar surface area (TPSA) is 68.3 Å². The highest BCUT2D eigenvalue weighted by Crippen LogP contribution is 2.24. The standard InChI is InChI=1S/C16H18N2O3S/c1-16(2,3)14(20)21-9-13(19)18-15-17-12(10-22-15)11-7-5-4-6-8-11/h4-8,10H,9H2,1-3H3,(H,17,18,19). The van der Waals surface area contributed by atoms with Gasteiger partial charge in [0, 0.05) is 10.9 Å². The molecule has 0 aliphatic carbocycles. The van der Waals surface area contributed by atoms with Crippen molar-refractivity contribution in [3.05, 3.63) is 35.7 Å². The van der Waals surface area contributed by atoms with Crippen molar-refractivity contribution in [2.24, 2.45) is 5.41 Å². The van der Waals surface area contributed by atoms with Crippen LogP contribution in [0.15, 0.2) is 35.7 Å². The number of aromatic nitrogens is 1. The molecule has 22 heavy (non-hydrogen) atoms. The van der Waals surface area contributed by atoms with E-state index in [1.54, 1.807) is 20.8 Å². The van der Waals surface area contributed by atoms with Crippen LogP contribution in [0.2, 0.25) is 0 Å². The molecule has 116 valence electrons. The number of hydrogen-bond donors (Lipinski definition) is 1. The van der Waals surface area contributed by atoms with E-state index in [-0.39, 0.29) is 6.61 Å². The Morgan fingerprint density at radius 1 is 1.23 bits per heavy atom. The SMILES string of the molecule is CC(C)(C)C(=O)OCC(=O)Nc1nc(-c2ccccc2)cs1. The number of amides is 1. The molecule has 0 unspecified atom stereocenters. The fourth-order valence-electron chi connectivity index (χ4n) is 1.58. The van der Waals surface area contributed by atoms with Crippen molar-refractivity contribution in [2.45, 2.75) is 20.8 Å². The van der Waals surface area contributed by atoms with Crippen molar-refractivity contribution in [3.8, 4) is 11.3 Å². The lowest BCUT2D eigenvalue weighted by Gasteiger charge is -2.15. The molecule has 1 aromatic carbocycles. The maximum atomic E-state index is 11.8. The van der Waals surface area contributed by atoms with Crippen LogP contribution in [0, 0.1) is 5.41 Å². The quantitative estimate of drug-likeness (QED) is 0.878. The Labute approximate surface area is 133 Å². The fourth-order valence-corrected chi connectivity index (χ4v) is 2.31. The third kappa shape index (κ3) is 4.39. The van der Waals surface area contributed by atoms with Gasteiger partial charge in [0.15, 0.2) is 11.7 Å². The largest absolute Gasteiger partial charge is 0.455 e. The monoisotopic (exact) mass is 318 g/mol. The van der Waals surface area contributed by atoms with Crippen LogP contribution in [-0.4, -0.2) is 23.5 Å². The van der Waals surface area contributed by atoms with E-state index in [2.05, 4.69) is 10.3 Å². The smallest absolute Gasteiger partial charge is 0.311 e. The zero-order valence-electron chi connectivity index (χ0n) is 12.8. The van der Waals surface area contributed by atoms with E-state index in [9.17, 15) is 9.59 Å². The highest BCUT2D eigenvalue weighted by Gasteiger charge is 2.23. The van der Waals surface area contributed by atoms with E-state index in [1.807, 2.05) is 35.7 Å². The van der Waals surface area contributed by atoms with Crippen LogP contribution < -0.4 is 5.32 Å². The lowest BCUT2D eigenvalue weighted by atomic mass is 9.97. The van der Waals surface area contributed by atoms with E-state index in [1.165, 1.54) is 11.3 Å². The first kappa shape index (κ1) is 16.2. The van der Waals surface area contributed by atoms with Gasteiger partial charge < -0.3 is 4.74 Å². The van der Waals surface area contributed by atoms with Crippen molar-refractivity contribution in [3.63, 3.8) is 0 Å². The van der Waals surface area contributed by atoms with Crippen molar-refractivity contribution < 1.29 is 14.3 Å². The molecule has 0 atom stereocenters. The summed E-state index contributed by atoms with van der Waals surface area (Å²) in [6.45, 7) is 4.90. The summed E-state index contributed by atoms with van der Waals surface area (Å²) in [5.74, 6) is -0.807. The van der Waals surface area contributed by atoms with Crippen molar-refractivity contribution in [1.82, 2.24) is 4.98 Å². The maximum absolute atomic E-state index is 11.8. The van der Waals surface area contributed by atoms with Gasteiger partial charge >= 0.3 is 5.97 Å². The number of rotatable bonds is 4. The number of anilines is 1. The van der Waals surface area contributed by atoms with Crippen LogP contribution in [0.5, 0.6) is 0 Å². The summed E-state index contributed by atoms with van der Waals surface area (Å²) in [4.78, 5) is 27.7. The van der Waals surface area contributed by atoms with Gasteiger partial charge in [-0.15, -0.1) is 11.3 Å². The van der Waals surface area contributed by atoms with Crippen LogP contribution in [0.25, 0.3) is 11.3 Å². The second-order valence-electron chi connectivity index (χ2n) is 5.78. The summed E-state index contributed by atoms with van der Waals surface area (Å²) < 4.78 is 4.96. The molecule has 1 N–H and O–H groups in total. The second kappa shape index (κ2) is 6.70. The number of hydrogen-bond acceptors (Lipinski definition) is 5. The third-order valence-electron chi connectivity index (χ3n) is 2.77. The third-order valence-corrected chi connectivity index (χ3v) is 3.52. The zero-order valence-corrected chi connectivity index (χ0v) is 13.6. The number of carbonyl (C=O) groups excluding carboxylic acids is 2. The van der Waals surface area contributed by atoms with E-state index in [0.29, 0.717) is 5.13 Å². The number of esters is 1. The lowest BCUT2D eigenvalue weighted by molar-refractivity contribution is -0.155. The minimum Gasteiger partial charge on any atom is -0.455 e. The van der Waals surface area contributed by atoms with Gasteiger partial charge in [0.05, 0.1) is 11.1 Å². The zero-order chi connectivity index (χ0) is 16.2. The minimum absolute atomic E-state index is 0.309. The number of nitrogens with zero attached hydrogens (tertiary/aromatic N) is 1. The summed E-state index contributed by atoms with van der Waals surface area (Å²) >= 11 is 1.33. The van der Waals surface area contributed by atoms with E-state index in [4.69, 9.17) is 4.74 Å². The molecule has 0 bridgehead atoms. The van der Waals surface area contributed by atoms with Crippen LogP contribution in [0.1, 0.15) is 20.8 Å². The molecule has 5 nitrogen and oxygen atoms in total. The lowest BCUT2D eigenvalue weighted by Crippen LogP contribution is -2.27. The molecule has 1 amide bonds. The first-order chi connectivity index (χ1) is 10.4. The number of ether oxygens (including phenoxy) is 1. The molecule has 0 aliphatic rings. The van der Waals surface area contributed by atoms with Crippen LogP contribution >= 0.6 is 11.3 Å². The van der Waals surface area contributed by atoms with Gasteiger partial charge in [-0.05, 0) is 20.8 Å². The summed E-state index contributed by atoms with van der Waals surface area (Å²) in [7, 11) is 0. The molecule has 2 aromatic rings. The Morgan fingerprint density at radius 3 is 2.55 bits per heavy atom. The molecule has 2 rings (SSSR count). The van der Waals surface area contributed by atoms with Crippen molar-refractivity contribution in [1.29, 1.82) is 0 Å². The van der Waals surface area contributed by atoms with Gasteiger partial charge in [0.1, 0.15) is 0 Å². The molecule has 1 heterocycles. The number of carbonyl (C=O) groups is 2. The molecule has 0 aliphatic heterocycles. The molecule has 6 heteroatoms. The fraction of sp³-hybridized carbons (Fsp3) is 0.312. The molecule has 0 spiro atoms. The van der Waals surface area contributed by atoms with Crippen LogP contribution in [0.4, 0.5) is 5.13 Å². The van der Waals surface area contributed by atoms with E-state index in [0.717, 1.165) is 11.3 Å². The Morgan fingerprint density at radius 2 is 1.91 bits per heavy atom. The van der Waals surface area contributed by atoms with Crippen molar-refractivity contribution >= 4 is 28.3 Å². The van der Waals surface area contributed by atoms with Gasteiger partial charge in [0.25, 0.3) is 5.91 Å². The van der Waals surface area contributed by atoms with Gasteiger partial charge in [-0.3, -0.25) is 14.9 Å². The Kier molecular flexibility index (Phi) is 4.92. The molecule has 0 saturated heterocycles. The average Bonchev–Trinajstić information content (AvgIpc) is 2.93. The van der Waals surface area contributed by atoms with Crippen LogP contribution in [-0.2, 0) is 14.3 Å². The first-order valence-electron chi connectivity index (χ1n) is 6.84. The van der Waals surface area contributed by atoms with Gasteiger partial charge in [-0.2, -0.15) is 0 Å². The Balaban J connectivity index is 1.91. The second-order valence-corrected chi connectivity index (χ2v) is 6.64. The minimum atomic E-state index is -0.623. The summed E-state index contributed by atoms with van der Waals surface area (Å²) in [6.07, 6.45) is 0. The maximum Gasteiger partial charge on any atom is 0.311 e. The molecule has 0 fully saturated rings. The molecule has 0 radical (unpaired) electrons. The highest BCUT2D eigenvalue weighted by atomic mass is 32.1. The van der Waals surface area contributed by atoms with Crippen molar-refractivity contribution in [2.75, 3.05) is 11.9 Å². The van der Waals surface area contributed by atoms with E-state index >= 15 is 0 Å². The summed E-state index contributed by atoms with van der Waals surface area (Å²) in [5, 5.41) is 4.98. The number of benzene rings is 1. The predicted octanol–water partition coefficient (Wildman–Crippen LogP) is 3.34. The predicted molar refractivity (Wildman–Crippen MR) is 86.6 cm³/mol. The molecule has 0 saturated carbocycles. The van der Waals surface area contributed by atoms with Gasteiger partial charge in [-0.25, -0.2) is 4.98 Å². The summed E-state index contributed by atoms with van der Waals surface area (Å²) in [6, 6.07) is 9.69. The van der Waals surface area contributed by atoms with E-state index < -0.39 is 17.3 Å². The molecular weight excluding hydrogens is 300 g/mol. The summed E-state index contributed by atoms with van der Waals surface area (Å²) in [5.41, 5.74) is 1.16. The highest BCUT2D eigenvalue weighted by molar-refractivity contribution is 7.14. The molecular formula is C16H18N2O3S. The Hall–Kier alpha value is -2.21. The normalized spacial score (nSPS) is 11.0. The average molecular weight is 318 g/mol. The first-order valence-corrected chi connectivity index (χ1v) is 7.72. The van der Waals surface area contributed by atoms with Gasteiger partial charge in [0.2, 0.25) is 0 Å². The number of nitrogens with one attached hydrogen (secondary N) is 1. The van der Waals surface area contributed by atoms with Gasteiger partial charge in [-0.1, -0.05) is 30.3 Å². The number of thiazole rings is 1. The molecule has 1 aromatic heterocycles. The Bertz CT molecular complexity index is 660.